The van der Waals surface area contributed by atoms with E-state index in [0.717, 1.165) is 17.6 Å². The van der Waals surface area contributed by atoms with Crippen LogP contribution in [-0.4, -0.2) is 35.9 Å². The van der Waals surface area contributed by atoms with E-state index in [0.29, 0.717) is 18.4 Å². The fourth-order valence-electron chi connectivity index (χ4n) is 3.57. The van der Waals surface area contributed by atoms with E-state index in [4.69, 9.17) is 14.2 Å². The van der Waals surface area contributed by atoms with Gasteiger partial charge in [0.2, 0.25) is 0 Å². The van der Waals surface area contributed by atoms with Gasteiger partial charge in [0, 0.05) is 17.6 Å². The van der Waals surface area contributed by atoms with Gasteiger partial charge in [0.15, 0.2) is 11.7 Å². The van der Waals surface area contributed by atoms with E-state index in [1.54, 1.807) is 6.92 Å². The molecule has 5 nitrogen and oxygen atoms in total. The quantitative estimate of drug-likeness (QED) is 0.380. The van der Waals surface area contributed by atoms with Gasteiger partial charge in [-0.3, -0.25) is 0 Å². The molecule has 3 aliphatic heterocycles. The average molecular weight is 276 g/mol. The Labute approximate surface area is 116 Å². The Morgan fingerprint density at radius 3 is 2.80 bits per heavy atom. The van der Waals surface area contributed by atoms with Crippen molar-refractivity contribution >= 4 is 11.9 Å². The summed E-state index contributed by atoms with van der Waals surface area (Å²) >= 11 is 0. The summed E-state index contributed by atoms with van der Waals surface area (Å²) in [6.07, 6.45) is 3.16. The largest absolute Gasteiger partial charge is 0.454 e. The summed E-state index contributed by atoms with van der Waals surface area (Å²) in [4.78, 5) is 23.9. The standard InChI is InChI=1S/C15H16O5/c1-7-4-3-5-15-12(20-15)11(19-14(15)17)10-8(2)13(16)18-9(10)6-7/h4,9,11-12H,3,5-6H2,1-2H3/b7-4-/t9-,11+,12+,15+/m1/s1. The van der Waals surface area contributed by atoms with Gasteiger partial charge in [0.05, 0.1) is 0 Å². The molecule has 5 heteroatoms. The predicted molar refractivity (Wildman–Crippen MR) is 67.7 cm³/mol. The number of esters is 2. The summed E-state index contributed by atoms with van der Waals surface area (Å²) in [5.41, 5.74) is 1.75. The van der Waals surface area contributed by atoms with Crippen LogP contribution in [0.2, 0.25) is 0 Å². The first-order chi connectivity index (χ1) is 9.53. The maximum Gasteiger partial charge on any atom is 0.342 e. The first-order valence-corrected chi connectivity index (χ1v) is 6.99. The Bertz CT molecular complexity index is 587. The van der Waals surface area contributed by atoms with Gasteiger partial charge in [0.1, 0.15) is 12.2 Å². The molecule has 0 radical (unpaired) electrons. The van der Waals surface area contributed by atoms with Crippen LogP contribution >= 0.6 is 0 Å². The van der Waals surface area contributed by atoms with Crippen LogP contribution in [0.3, 0.4) is 0 Å². The Morgan fingerprint density at radius 2 is 2.05 bits per heavy atom. The summed E-state index contributed by atoms with van der Waals surface area (Å²) in [5, 5.41) is 0. The van der Waals surface area contributed by atoms with Crippen molar-refractivity contribution in [1.82, 2.24) is 0 Å². The highest BCUT2D eigenvalue weighted by Gasteiger charge is 2.73. The molecule has 106 valence electrons. The van der Waals surface area contributed by atoms with Crippen LogP contribution in [-0.2, 0) is 23.8 Å². The predicted octanol–water partition coefficient (Wildman–Crippen LogP) is 1.42. The van der Waals surface area contributed by atoms with E-state index in [1.807, 2.05) is 6.92 Å². The molecule has 0 aromatic heterocycles. The highest BCUT2D eigenvalue weighted by atomic mass is 16.7. The van der Waals surface area contributed by atoms with Gasteiger partial charge in [-0.1, -0.05) is 11.6 Å². The smallest absolute Gasteiger partial charge is 0.342 e. The van der Waals surface area contributed by atoms with Crippen molar-refractivity contribution < 1.29 is 23.8 Å². The van der Waals surface area contributed by atoms with Crippen molar-refractivity contribution in [2.24, 2.45) is 0 Å². The molecular weight excluding hydrogens is 260 g/mol. The number of epoxide rings is 1. The number of hydrogen-bond acceptors (Lipinski definition) is 5. The lowest BCUT2D eigenvalue weighted by atomic mass is 9.88. The summed E-state index contributed by atoms with van der Waals surface area (Å²) in [6, 6.07) is 0. The molecule has 0 saturated carbocycles. The fraction of sp³-hybridized carbons (Fsp3) is 0.600. The van der Waals surface area contributed by atoms with Gasteiger partial charge >= 0.3 is 11.9 Å². The minimum atomic E-state index is -0.776. The number of ether oxygens (including phenoxy) is 3. The molecule has 4 rings (SSSR count). The third kappa shape index (κ3) is 1.41. The molecule has 2 saturated heterocycles. The zero-order valence-electron chi connectivity index (χ0n) is 11.5. The molecule has 0 aromatic rings. The van der Waals surface area contributed by atoms with Crippen molar-refractivity contribution in [2.75, 3.05) is 0 Å². The number of fused-ring (bicyclic) bond motifs is 2. The molecule has 0 spiro atoms. The Kier molecular flexibility index (Phi) is 2.26. The molecule has 20 heavy (non-hydrogen) atoms. The molecule has 2 fully saturated rings. The number of hydrogen-bond donors (Lipinski definition) is 0. The van der Waals surface area contributed by atoms with E-state index in [9.17, 15) is 9.59 Å². The van der Waals surface area contributed by atoms with E-state index in [2.05, 4.69) is 6.08 Å². The van der Waals surface area contributed by atoms with E-state index >= 15 is 0 Å². The monoisotopic (exact) mass is 276 g/mol. The molecule has 0 N–H and O–H groups in total. The number of allylic oxidation sites excluding steroid dienone is 1. The second-order valence-corrected chi connectivity index (χ2v) is 6.02. The van der Waals surface area contributed by atoms with Crippen molar-refractivity contribution in [2.45, 2.75) is 57.0 Å². The first kappa shape index (κ1) is 12.1. The van der Waals surface area contributed by atoms with Crippen molar-refractivity contribution in [1.29, 1.82) is 0 Å². The molecule has 0 unspecified atom stereocenters. The summed E-state index contributed by atoms with van der Waals surface area (Å²) in [7, 11) is 0. The van der Waals surface area contributed by atoms with E-state index < -0.39 is 11.7 Å². The van der Waals surface area contributed by atoms with Gasteiger partial charge < -0.3 is 14.2 Å². The van der Waals surface area contributed by atoms with Crippen molar-refractivity contribution in [3.63, 3.8) is 0 Å². The third-order valence-corrected chi connectivity index (χ3v) is 4.75. The van der Waals surface area contributed by atoms with E-state index in [-0.39, 0.29) is 24.1 Å². The topological polar surface area (TPSA) is 65.1 Å². The molecule has 3 heterocycles. The molecule has 4 aliphatic rings. The molecule has 2 bridgehead atoms. The number of carbonyl (C=O) groups excluding carboxylic acids is 2. The SMILES string of the molecule is CC1=C2[C@@H](C/C(C)=C\CC[C@]34O[C@H]3[C@H]2OC4=O)OC1=O. The lowest BCUT2D eigenvalue weighted by Crippen LogP contribution is -2.26. The Morgan fingerprint density at radius 1 is 1.25 bits per heavy atom. The van der Waals surface area contributed by atoms with Crippen LogP contribution in [0.1, 0.15) is 33.1 Å². The molecule has 1 aliphatic carbocycles. The van der Waals surface area contributed by atoms with Gasteiger partial charge in [-0.2, -0.15) is 0 Å². The Hall–Kier alpha value is -1.62. The van der Waals surface area contributed by atoms with Gasteiger partial charge in [-0.15, -0.1) is 0 Å². The second kappa shape index (κ2) is 3.73. The molecular formula is C15H16O5. The summed E-state index contributed by atoms with van der Waals surface area (Å²) < 4.78 is 16.6. The second-order valence-electron chi connectivity index (χ2n) is 6.02. The minimum absolute atomic E-state index is 0.247. The maximum atomic E-state index is 12.1. The van der Waals surface area contributed by atoms with Crippen LogP contribution in [0.4, 0.5) is 0 Å². The molecule has 0 amide bonds. The zero-order valence-corrected chi connectivity index (χ0v) is 11.5. The highest BCUT2D eigenvalue weighted by molar-refractivity contribution is 5.93. The average Bonchev–Trinajstić information content (AvgIpc) is 2.98. The summed E-state index contributed by atoms with van der Waals surface area (Å²) in [5.74, 6) is -0.606. The Balaban J connectivity index is 1.80. The van der Waals surface area contributed by atoms with Crippen molar-refractivity contribution in [3.8, 4) is 0 Å². The van der Waals surface area contributed by atoms with Crippen molar-refractivity contribution in [3.05, 3.63) is 22.8 Å². The van der Waals surface area contributed by atoms with Gasteiger partial charge in [-0.05, 0) is 26.7 Å². The van der Waals surface area contributed by atoms with Crippen LogP contribution in [0.25, 0.3) is 0 Å². The van der Waals surface area contributed by atoms with Gasteiger partial charge in [0.25, 0.3) is 0 Å². The van der Waals surface area contributed by atoms with Crippen LogP contribution < -0.4 is 0 Å². The molecule has 0 aromatic carbocycles. The summed E-state index contributed by atoms with van der Waals surface area (Å²) in [6.45, 7) is 3.76. The zero-order chi connectivity index (χ0) is 14.1. The fourth-order valence-corrected chi connectivity index (χ4v) is 3.57. The normalized spacial score (nSPS) is 45.1. The maximum absolute atomic E-state index is 12.1. The lowest BCUT2D eigenvalue weighted by Gasteiger charge is -2.19. The van der Waals surface area contributed by atoms with Crippen LogP contribution in [0, 0.1) is 0 Å². The van der Waals surface area contributed by atoms with Crippen LogP contribution in [0.15, 0.2) is 22.8 Å². The third-order valence-electron chi connectivity index (χ3n) is 4.75. The molecule has 4 atom stereocenters. The lowest BCUT2D eigenvalue weighted by molar-refractivity contribution is -0.152. The minimum Gasteiger partial charge on any atom is -0.454 e. The number of rotatable bonds is 0. The van der Waals surface area contributed by atoms with E-state index in [1.165, 1.54) is 0 Å². The highest BCUT2D eigenvalue weighted by Crippen LogP contribution is 2.54. The number of carbonyl (C=O) groups is 2. The first-order valence-electron chi connectivity index (χ1n) is 6.99. The van der Waals surface area contributed by atoms with Crippen LogP contribution in [0.5, 0.6) is 0 Å². The van der Waals surface area contributed by atoms with Gasteiger partial charge in [-0.25, -0.2) is 9.59 Å².